The molecule has 0 bridgehead atoms. The van der Waals surface area contributed by atoms with Crippen LogP contribution in [-0.4, -0.2) is 13.4 Å². The molecule has 0 aliphatic rings. The molecule has 0 aliphatic carbocycles. The first-order valence-corrected chi connectivity index (χ1v) is 6.58. The van der Waals surface area contributed by atoms with Gasteiger partial charge in [-0.25, -0.2) is 13.4 Å². The molecule has 0 saturated heterocycles. The normalized spacial score (nSPS) is 11.8. The number of aromatic nitrogens is 1. The first-order chi connectivity index (χ1) is 6.25. The van der Waals surface area contributed by atoms with E-state index in [9.17, 15) is 8.42 Å². The SMILES string of the molecule is Cc1nc(Cl)c(S(=O)(=O)Cl)c(C)c1Cl. The maximum Gasteiger partial charge on any atom is 0.264 e. The molecule has 14 heavy (non-hydrogen) atoms. The summed E-state index contributed by atoms with van der Waals surface area (Å²) in [6.45, 7) is 3.16. The number of rotatable bonds is 1. The maximum absolute atomic E-state index is 11.1. The molecule has 0 saturated carbocycles. The second-order valence-corrected chi connectivity index (χ2v) is 5.93. The van der Waals surface area contributed by atoms with Crippen molar-refractivity contribution >= 4 is 42.9 Å². The van der Waals surface area contributed by atoms with Crippen molar-refractivity contribution in [2.24, 2.45) is 0 Å². The van der Waals surface area contributed by atoms with Gasteiger partial charge in [0.25, 0.3) is 9.05 Å². The second kappa shape index (κ2) is 3.85. The van der Waals surface area contributed by atoms with E-state index in [1.54, 1.807) is 6.92 Å². The Morgan fingerprint density at radius 2 is 1.71 bits per heavy atom. The van der Waals surface area contributed by atoms with Gasteiger partial charge in [-0.3, -0.25) is 0 Å². The van der Waals surface area contributed by atoms with Crippen molar-refractivity contribution in [2.45, 2.75) is 18.7 Å². The van der Waals surface area contributed by atoms with Gasteiger partial charge in [0, 0.05) is 10.7 Å². The van der Waals surface area contributed by atoms with E-state index in [-0.39, 0.29) is 15.1 Å². The van der Waals surface area contributed by atoms with Gasteiger partial charge in [-0.1, -0.05) is 23.2 Å². The fourth-order valence-electron chi connectivity index (χ4n) is 1.06. The van der Waals surface area contributed by atoms with Gasteiger partial charge in [0.05, 0.1) is 10.7 Å². The Bertz CT molecular complexity index is 484. The van der Waals surface area contributed by atoms with E-state index in [4.69, 9.17) is 33.9 Å². The van der Waals surface area contributed by atoms with Crippen LogP contribution >= 0.6 is 33.9 Å². The molecule has 0 amide bonds. The van der Waals surface area contributed by atoms with E-state index in [1.165, 1.54) is 6.92 Å². The summed E-state index contributed by atoms with van der Waals surface area (Å²) in [6, 6.07) is 0. The first kappa shape index (κ1) is 12.0. The van der Waals surface area contributed by atoms with E-state index >= 15 is 0 Å². The first-order valence-electron chi connectivity index (χ1n) is 3.52. The van der Waals surface area contributed by atoms with Gasteiger partial charge in [-0.05, 0) is 19.4 Å². The van der Waals surface area contributed by atoms with Gasteiger partial charge in [0.2, 0.25) is 0 Å². The third-order valence-corrected chi connectivity index (χ3v) is 4.08. The Kier molecular flexibility index (Phi) is 3.31. The van der Waals surface area contributed by atoms with E-state index in [1.807, 2.05) is 0 Å². The van der Waals surface area contributed by atoms with Crippen LogP contribution in [0.15, 0.2) is 4.90 Å². The zero-order valence-corrected chi connectivity index (χ0v) is 10.4. The van der Waals surface area contributed by atoms with Crippen molar-refractivity contribution in [3.05, 3.63) is 21.4 Å². The molecule has 0 unspecified atom stereocenters. The summed E-state index contributed by atoms with van der Waals surface area (Å²) in [5.41, 5.74) is 0.789. The monoisotopic (exact) mass is 273 g/mol. The number of pyridine rings is 1. The molecule has 7 heteroatoms. The molecule has 0 N–H and O–H groups in total. The molecule has 0 aliphatic heterocycles. The van der Waals surface area contributed by atoms with E-state index in [2.05, 4.69) is 4.98 Å². The topological polar surface area (TPSA) is 47.0 Å². The van der Waals surface area contributed by atoms with Crippen LogP contribution in [-0.2, 0) is 9.05 Å². The molecule has 0 radical (unpaired) electrons. The van der Waals surface area contributed by atoms with Crippen LogP contribution in [0.3, 0.4) is 0 Å². The Labute approximate surface area is 96.4 Å². The number of aryl methyl sites for hydroxylation is 1. The van der Waals surface area contributed by atoms with Crippen LogP contribution in [0, 0.1) is 13.8 Å². The van der Waals surface area contributed by atoms with Gasteiger partial charge in [-0.15, -0.1) is 0 Å². The lowest BCUT2D eigenvalue weighted by molar-refractivity contribution is 0.608. The van der Waals surface area contributed by atoms with E-state index < -0.39 is 9.05 Å². The third-order valence-electron chi connectivity index (χ3n) is 1.68. The summed E-state index contributed by atoms with van der Waals surface area (Å²) in [6.07, 6.45) is 0. The molecule has 3 nitrogen and oxygen atoms in total. The van der Waals surface area contributed by atoms with Crippen LogP contribution < -0.4 is 0 Å². The molecule has 1 aromatic rings. The standard InChI is InChI=1S/C7H6Cl3NO2S/c1-3-5(8)4(2)11-7(9)6(3)14(10,12)13/h1-2H3. The Balaban J connectivity index is 3.70. The highest BCUT2D eigenvalue weighted by atomic mass is 35.7. The summed E-state index contributed by atoms with van der Waals surface area (Å²) in [7, 11) is 1.27. The molecular formula is C7H6Cl3NO2S. The van der Waals surface area contributed by atoms with Crippen molar-refractivity contribution in [1.82, 2.24) is 4.98 Å². The molecule has 1 rings (SSSR count). The van der Waals surface area contributed by atoms with E-state index in [0.29, 0.717) is 11.3 Å². The van der Waals surface area contributed by atoms with Crippen LogP contribution in [0.1, 0.15) is 11.3 Å². The molecule has 1 heterocycles. The molecular weight excluding hydrogens is 269 g/mol. The highest BCUT2D eigenvalue weighted by Gasteiger charge is 2.22. The number of hydrogen-bond donors (Lipinski definition) is 0. The van der Waals surface area contributed by atoms with Crippen LogP contribution in [0.25, 0.3) is 0 Å². The molecule has 78 valence electrons. The lowest BCUT2D eigenvalue weighted by atomic mass is 10.2. The van der Waals surface area contributed by atoms with Gasteiger partial charge in [0.1, 0.15) is 10.0 Å². The second-order valence-electron chi connectivity index (χ2n) is 2.69. The number of nitrogens with zero attached hydrogens (tertiary/aromatic N) is 1. The minimum Gasteiger partial charge on any atom is -0.238 e. The number of hydrogen-bond acceptors (Lipinski definition) is 3. The fraction of sp³-hybridized carbons (Fsp3) is 0.286. The fourth-order valence-corrected chi connectivity index (χ4v) is 3.22. The highest BCUT2D eigenvalue weighted by molar-refractivity contribution is 8.13. The van der Waals surface area contributed by atoms with E-state index in [0.717, 1.165) is 0 Å². The average molecular weight is 275 g/mol. The minimum atomic E-state index is -3.91. The molecule has 0 spiro atoms. The molecule has 0 atom stereocenters. The zero-order valence-electron chi connectivity index (χ0n) is 7.31. The van der Waals surface area contributed by atoms with Crippen molar-refractivity contribution in [3.63, 3.8) is 0 Å². The summed E-state index contributed by atoms with van der Waals surface area (Å²) < 4.78 is 22.2. The largest absolute Gasteiger partial charge is 0.264 e. The number of halogens is 3. The van der Waals surface area contributed by atoms with Crippen molar-refractivity contribution in [1.29, 1.82) is 0 Å². The third kappa shape index (κ3) is 2.14. The smallest absolute Gasteiger partial charge is 0.238 e. The molecule has 0 aromatic carbocycles. The van der Waals surface area contributed by atoms with Crippen LogP contribution in [0.2, 0.25) is 10.2 Å². The van der Waals surface area contributed by atoms with Crippen LogP contribution in [0.5, 0.6) is 0 Å². The zero-order chi connectivity index (χ0) is 11.1. The maximum atomic E-state index is 11.1. The Morgan fingerprint density at radius 3 is 2.14 bits per heavy atom. The summed E-state index contributed by atoms with van der Waals surface area (Å²) >= 11 is 11.5. The van der Waals surface area contributed by atoms with Crippen LogP contribution in [0.4, 0.5) is 0 Å². The summed E-state index contributed by atoms with van der Waals surface area (Å²) in [5, 5.41) is 0.105. The molecule has 0 fully saturated rings. The lowest BCUT2D eigenvalue weighted by Gasteiger charge is -2.07. The Morgan fingerprint density at radius 1 is 1.21 bits per heavy atom. The minimum absolute atomic E-state index is 0.153. The van der Waals surface area contributed by atoms with Gasteiger partial charge in [0.15, 0.2) is 0 Å². The molecule has 1 aromatic heterocycles. The lowest BCUT2D eigenvalue weighted by Crippen LogP contribution is -2.00. The predicted molar refractivity (Wildman–Crippen MR) is 56.8 cm³/mol. The Hall–Kier alpha value is -0.0300. The van der Waals surface area contributed by atoms with Gasteiger partial charge < -0.3 is 0 Å². The van der Waals surface area contributed by atoms with Crippen molar-refractivity contribution in [3.8, 4) is 0 Å². The summed E-state index contributed by atoms with van der Waals surface area (Å²) in [4.78, 5) is 3.54. The van der Waals surface area contributed by atoms with Crippen molar-refractivity contribution in [2.75, 3.05) is 0 Å². The highest BCUT2D eigenvalue weighted by Crippen LogP contribution is 2.32. The van der Waals surface area contributed by atoms with Gasteiger partial charge >= 0.3 is 0 Å². The average Bonchev–Trinajstić information content (AvgIpc) is 1.97. The predicted octanol–water partition coefficient (Wildman–Crippen LogP) is 2.93. The quantitative estimate of drug-likeness (QED) is 0.584. The van der Waals surface area contributed by atoms with Crippen molar-refractivity contribution < 1.29 is 8.42 Å². The van der Waals surface area contributed by atoms with Gasteiger partial charge in [-0.2, -0.15) is 0 Å². The summed E-state index contributed by atoms with van der Waals surface area (Å²) in [5.74, 6) is 0.